The SMILES string of the molecule is COC(=O)C(=O)[C@H](CCS(C)=O)NC(=O)OCC1c2ccccc2-c2ccccc21. The fraction of sp³-hybridized carbons (Fsp3) is 0.318. The molecular weight excluding hydrogens is 406 g/mol. The molecule has 0 spiro atoms. The Morgan fingerprint density at radius 1 is 1.03 bits per heavy atom. The average Bonchev–Trinajstić information content (AvgIpc) is 3.07. The maximum absolute atomic E-state index is 12.4. The summed E-state index contributed by atoms with van der Waals surface area (Å²) in [5.74, 6) is -1.95. The van der Waals surface area contributed by atoms with Crippen molar-refractivity contribution in [2.75, 3.05) is 25.7 Å². The van der Waals surface area contributed by atoms with Gasteiger partial charge in [-0.15, -0.1) is 0 Å². The maximum Gasteiger partial charge on any atom is 0.407 e. The molecule has 0 aromatic heterocycles. The van der Waals surface area contributed by atoms with Crippen molar-refractivity contribution in [2.45, 2.75) is 18.4 Å². The second kappa shape index (κ2) is 9.67. The maximum atomic E-state index is 12.4. The largest absolute Gasteiger partial charge is 0.463 e. The van der Waals surface area contributed by atoms with Crippen LogP contribution in [0.2, 0.25) is 0 Å². The molecule has 30 heavy (non-hydrogen) atoms. The number of esters is 1. The summed E-state index contributed by atoms with van der Waals surface area (Å²) in [7, 11) is -0.0987. The molecule has 0 radical (unpaired) electrons. The lowest BCUT2D eigenvalue weighted by atomic mass is 9.98. The van der Waals surface area contributed by atoms with E-state index in [1.165, 1.54) is 6.26 Å². The van der Waals surface area contributed by atoms with E-state index in [-0.39, 0.29) is 24.7 Å². The zero-order valence-corrected chi connectivity index (χ0v) is 17.6. The molecule has 0 saturated heterocycles. The van der Waals surface area contributed by atoms with Crippen molar-refractivity contribution in [2.24, 2.45) is 0 Å². The van der Waals surface area contributed by atoms with Gasteiger partial charge in [0, 0.05) is 28.7 Å². The third kappa shape index (κ3) is 4.76. The molecule has 1 aliphatic rings. The minimum absolute atomic E-state index is 0.0429. The number of fused-ring (bicyclic) bond motifs is 3. The number of ether oxygens (including phenoxy) is 2. The summed E-state index contributed by atoms with van der Waals surface area (Å²) in [5, 5.41) is 2.41. The zero-order valence-electron chi connectivity index (χ0n) is 16.8. The van der Waals surface area contributed by atoms with Crippen molar-refractivity contribution in [3.63, 3.8) is 0 Å². The van der Waals surface area contributed by atoms with E-state index in [1.54, 1.807) is 0 Å². The highest BCUT2D eigenvalue weighted by molar-refractivity contribution is 7.84. The van der Waals surface area contributed by atoms with Crippen molar-refractivity contribution in [3.8, 4) is 11.1 Å². The van der Waals surface area contributed by atoms with Crippen LogP contribution in [0.15, 0.2) is 48.5 Å². The summed E-state index contributed by atoms with van der Waals surface area (Å²) in [6.45, 7) is 0.0820. The number of methoxy groups -OCH3 is 1. The summed E-state index contributed by atoms with van der Waals surface area (Å²) in [6.07, 6.45) is 0.704. The molecule has 0 aliphatic heterocycles. The first-order valence-corrected chi connectivity index (χ1v) is 11.2. The zero-order chi connectivity index (χ0) is 21.7. The second-order valence-corrected chi connectivity index (χ2v) is 8.50. The van der Waals surface area contributed by atoms with E-state index in [2.05, 4.69) is 10.1 Å². The minimum atomic E-state index is -1.18. The molecule has 158 valence electrons. The topological polar surface area (TPSA) is 98.8 Å². The summed E-state index contributed by atoms with van der Waals surface area (Å²) >= 11 is 0. The molecule has 0 fully saturated rings. The number of alkyl carbamates (subject to hydrolysis) is 1. The van der Waals surface area contributed by atoms with Gasteiger partial charge < -0.3 is 14.8 Å². The van der Waals surface area contributed by atoms with Crippen LogP contribution >= 0.6 is 0 Å². The van der Waals surface area contributed by atoms with E-state index in [0.717, 1.165) is 29.4 Å². The molecule has 7 nitrogen and oxygen atoms in total. The number of amides is 1. The molecule has 0 heterocycles. The Kier molecular flexibility index (Phi) is 6.99. The van der Waals surface area contributed by atoms with E-state index in [1.807, 2.05) is 48.5 Å². The number of carbonyl (C=O) groups is 3. The van der Waals surface area contributed by atoms with Crippen LogP contribution in [-0.4, -0.2) is 53.8 Å². The van der Waals surface area contributed by atoms with Crippen LogP contribution in [0.25, 0.3) is 11.1 Å². The highest BCUT2D eigenvalue weighted by Crippen LogP contribution is 2.44. The van der Waals surface area contributed by atoms with Gasteiger partial charge in [0.25, 0.3) is 5.78 Å². The van der Waals surface area contributed by atoms with E-state index < -0.39 is 34.7 Å². The Labute approximate surface area is 177 Å². The van der Waals surface area contributed by atoms with Crippen molar-refractivity contribution in [1.82, 2.24) is 5.32 Å². The average molecular weight is 429 g/mol. The standard InChI is InChI=1S/C22H23NO6S/c1-28-21(25)20(24)19(11-12-30(2)27)23-22(26)29-13-18-16-9-5-3-7-14(16)15-8-4-6-10-17(15)18/h3-10,18-19H,11-13H2,1-2H3,(H,23,26)/t19-,30?/m0/s1. The Bertz CT molecular complexity index is 944. The Balaban J connectivity index is 1.69. The minimum Gasteiger partial charge on any atom is -0.463 e. The smallest absolute Gasteiger partial charge is 0.407 e. The normalized spacial score (nSPS) is 14.2. The summed E-state index contributed by atoms with van der Waals surface area (Å²) in [6, 6.07) is 14.7. The van der Waals surface area contributed by atoms with Crippen LogP contribution in [0.1, 0.15) is 23.5 Å². The molecule has 8 heteroatoms. The van der Waals surface area contributed by atoms with Gasteiger partial charge in [0.15, 0.2) is 0 Å². The Morgan fingerprint density at radius 2 is 1.60 bits per heavy atom. The van der Waals surface area contributed by atoms with Crippen molar-refractivity contribution >= 4 is 28.6 Å². The molecule has 2 aromatic carbocycles. The first-order chi connectivity index (χ1) is 14.4. The highest BCUT2D eigenvalue weighted by Gasteiger charge is 2.31. The first-order valence-electron chi connectivity index (χ1n) is 9.46. The van der Waals surface area contributed by atoms with E-state index in [9.17, 15) is 18.6 Å². The van der Waals surface area contributed by atoms with Gasteiger partial charge in [0.05, 0.1) is 7.11 Å². The van der Waals surface area contributed by atoms with Gasteiger partial charge in [-0.05, 0) is 28.7 Å². The molecule has 0 saturated carbocycles. The fourth-order valence-electron chi connectivity index (χ4n) is 3.58. The van der Waals surface area contributed by atoms with E-state index >= 15 is 0 Å². The number of hydrogen-bond donors (Lipinski definition) is 1. The van der Waals surface area contributed by atoms with Gasteiger partial charge in [-0.3, -0.25) is 9.00 Å². The highest BCUT2D eigenvalue weighted by atomic mass is 32.2. The fourth-order valence-corrected chi connectivity index (χ4v) is 4.15. The molecule has 0 bridgehead atoms. The van der Waals surface area contributed by atoms with Crippen LogP contribution in [0.3, 0.4) is 0 Å². The third-order valence-corrected chi connectivity index (χ3v) is 5.84. The molecule has 1 unspecified atom stereocenters. The van der Waals surface area contributed by atoms with Gasteiger partial charge in [-0.1, -0.05) is 48.5 Å². The molecule has 2 atom stereocenters. The van der Waals surface area contributed by atoms with Gasteiger partial charge in [0.2, 0.25) is 0 Å². The van der Waals surface area contributed by atoms with E-state index in [4.69, 9.17) is 4.74 Å². The molecule has 3 rings (SSSR count). The Morgan fingerprint density at radius 3 is 2.13 bits per heavy atom. The predicted octanol–water partition coefficient (Wildman–Crippen LogP) is 2.40. The summed E-state index contributed by atoms with van der Waals surface area (Å²) in [4.78, 5) is 36.1. The molecule has 1 amide bonds. The van der Waals surface area contributed by atoms with Gasteiger partial charge >= 0.3 is 12.1 Å². The monoisotopic (exact) mass is 429 g/mol. The van der Waals surface area contributed by atoms with E-state index in [0.29, 0.717) is 0 Å². The van der Waals surface area contributed by atoms with Crippen LogP contribution in [0.4, 0.5) is 4.79 Å². The molecule has 1 aliphatic carbocycles. The Hall–Kier alpha value is -3.00. The molecular formula is C22H23NO6S. The van der Waals surface area contributed by atoms with Crippen LogP contribution < -0.4 is 5.32 Å². The number of rotatable bonds is 8. The lowest BCUT2D eigenvalue weighted by molar-refractivity contribution is -0.152. The number of Topliss-reactive ketones (excluding diaryl/α,β-unsaturated/α-hetero) is 1. The van der Waals surface area contributed by atoms with Crippen LogP contribution in [0, 0.1) is 0 Å². The summed E-state index contributed by atoms with van der Waals surface area (Å²) < 4.78 is 21.2. The lowest BCUT2D eigenvalue weighted by Gasteiger charge is -2.18. The number of carbonyl (C=O) groups excluding carboxylic acids is 3. The third-order valence-electron chi connectivity index (χ3n) is 5.03. The number of ketones is 1. The summed E-state index contributed by atoms with van der Waals surface area (Å²) in [5.41, 5.74) is 4.34. The van der Waals surface area contributed by atoms with Crippen molar-refractivity contribution in [1.29, 1.82) is 0 Å². The number of benzene rings is 2. The van der Waals surface area contributed by atoms with Gasteiger partial charge in [-0.25, -0.2) is 9.59 Å². The lowest BCUT2D eigenvalue weighted by Crippen LogP contribution is -2.45. The van der Waals surface area contributed by atoms with Gasteiger partial charge in [-0.2, -0.15) is 0 Å². The van der Waals surface area contributed by atoms with Gasteiger partial charge in [0.1, 0.15) is 12.6 Å². The quantitative estimate of drug-likeness (QED) is 0.511. The first kappa shape index (κ1) is 21.7. The predicted molar refractivity (Wildman–Crippen MR) is 113 cm³/mol. The van der Waals surface area contributed by atoms with Crippen molar-refractivity contribution in [3.05, 3.63) is 59.7 Å². The number of hydrogen-bond acceptors (Lipinski definition) is 6. The number of nitrogens with one attached hydrogen (secondary N) is 1. The van der Waals surface area contributed by atoms with Crippen LogP contribution in [-0.2, 0) is 29.9 Å². The second-order valence-electron chi connectivity index (χ2n) is 6.94. The molecule has 1 N–H and O–H groups in total. The molecule has 2 aromatic rings. The van der Waals surface area contributed by atoms with Crippen molar-refractivity contribution < 1.29 is 28.1 Å². The van der Waals surface area contributed by atoms with Crippen LogP contribution in [0.5, 0.6) is 0 Å².